The fraction of sp³-hybridized carbons (Fsp3) is 1.00. The Balaban J connectivity index is 0. The Morgan fingerprint density at radius 1 is 0.722 bits per heavy atom. The van der Waals surface area contributed by atoms with E-state index < -0.39 is 66.1 Å². The molecule has 0 N–H and O–H groups in total. The third kappa shape index (κ3) is 13.2. The average molecular weight is 568 g/mol. The van der Waals surface area contributed by atoms with Crippen LogP contribution < -0.4 is 0 Å². The monoisotopic (exact) mass is 567 g/mol. The second kappa shape index (κ2) is 15.6. The molecule has 0 heterocycles. The van der Waals surface area contributed by atoms with Crippen molar-refractivity contribution < 1.29 is 57.3 Å². The zero-order chi connectivity index (χ0) is 28.9. The maximum absolute atomic E-state index is 12.9. The van der Waals surface area contributed by atoms with Gasteiger partial charge in [0.25, 0.3) is 0 Å². The van der Waals surface area contributed by atoms with Gasteiger partial charge in [0.05, 0.1) is 43.4 Å². The summed E-state index contributed by atoms with van der Waals surface area (Å²) in [5, 5.41) is 0. The number of quaternary nitrogens is 1. The molecule has 0 unspecified atom stereocenters. The van der Waals surface area contributed by atoms with Gasteiger partial charge < -0.3 is 13.8 Å². The fourth-order valence-corrected chi connectivity index (χ4v) is 3.64. The second-order valence-corrected chi connectivity index (χ2v) is 10.7. The van der Waals surface area contributed by atoms with E-state index in [2.05, 4.69) is 32.6 Å². The van der Waals surface area contributed by atoms with Gasteiger partial charge in [0.15, 0.2) is 0 Å². The molecule has 0 atom stereocenters. The molecule has 0 spiro atoms. The molecule has 0 bridgehead atoms. The van der Waals surface area contributed by atoms with Crippen molar-refractivity contribution in [2.24, 2.45) is 0 Å². The van der Waals surface area contributed by atoms with Gasteiger partial charge in [0, 0.05) is 12.7 Å². The predicted octanol–water partition coefficient (Wildman–Crippen LogP) is 6.68. The number of hydrogen-bond donors (Lipinski definition) is 0. The van der Waals surface area contributed by atoms with E-state index in [-0.39, 0.29) is 0 Å². The van der Waals surface area contributed by atoms with E-state index in [4.69, 9.17) is 0 Å². The molecule has 0 aromatic heterocycles. The van der Waals surface area contributed by atoms with Crippen molar-refractivity contribution in [1.29, 1.82) is 0 Å². The first kappa shape index (κ1) is 37.4. The molecule has 0 radical (unpaired) electrons. The molecule has 0 aliphatic heterocycles. The van der Waals surface area contributed by atoms with Crippen LogP contribution in [-0.4, -0.2) is 80.4 Å². The number of rotatable bonds is 18. The molecule has 0 rings (SSSR count). The SMILES string of the molecule is CC(F)(F)C(F)(F)C(F)(F)C(F)(F)OCCCCS(=O)(=O)[O-].CCCC[N+](C)(CCCC)CCCC. The molecule has 0 aromatic rings. The Bertz CT molecular complexity index is 679. The normalized spacial score (nSPS) is 13.9. The molecule has 0 fully saturated rings. The highest BCUT2D eigenvalue weighted by Gasteiger charge is 2.80. The van der Waals surface area contributed by atoms with Crippen LogP contribution >= 0.6 is 0 Å². The molecule has 0 aliphatic rings. The van der Waals surface area contributed by atoms with E-state index in [1.165, 1.54) is 62.6 Å². The largest absolute Gasteiger partial charge is 0.748 e. The lowest BCUT2D eigenvalue weighted by molar-refractivity contribution is -0.910. The lowest BCUT2D eigenvalue weighted by atomic mass is 10.1. The maximum Gasteiger partial charge on any atom is 0.426 e. The standard InChI is InChI=1S/C13H30N.C9H12F8O4S/c1-5-8-11-14(4,12-9-6-2)13-10-7-3;1-6(10,11)7(12,13)8(14,15)9(16,17)21-4-2-3-5-22(18,19)20/h5-13H2,1-4H3;2-5H2,1H3,(H,18,19,20)/q+1;/p-1. The molecule has 0 saturated heterocycles. The van der Waals surface area contributed by atoms with Crippen LogP contribution in [0.1, 0.15) is 79.1 Å². The van der Waals surface area contributed by atoms with Crippen LogP contribution in [0.2, 0.25) is 0 Å². The first-order valence-electron chi connectivity index (χ1n) is 12.1. The molecular formula is C22H41F8NO4S. The van der Waals surface area contributed by atoms with Crippen LogP contribution in [0.3, 0.4) is 0 Å². The van der Waals surface area contributed by atoms with Crippen molar-refractivity contribution in [3.05, 3.63) is 0 Å². The van der Waals surface area contributed by atoms with Gasteiger partial charge in [-0.2, -0.15) is 35.1 Å². The van der Waals surface area contributed by atoms with Crippen LogP contribution in [0.4, 0.5) is 35.1 Å². The Morgan fingerprint density at radius 2 is 1.11 bits per heavy atom. The highest BCUT2D eigenvalue weighted by Crippen LogP contribution is 2.52. The van der Waals surface area contributed by atoms with E-state index in [9.17, 15) is 48.1 Å². The summed E-state index contributed by atoms with van der Waals surface area (Å²) in [6, 6.07) is 0. The minimum atomic E-state index is -6.51. The number of ether oxygens (including phenoxy) is 1. The number of nitrogens with zero attached hydrogens (tertiary/aromatic N) is 1. The zero-order valence-corrected chi connectivity index (χ0v) is 22.5. The Hall–Kier alpha value is -0.730. The topological polar surface area (TPSA) is 66.4 Å². The fourth-order valence-electron chi connectivity index (χ4n) is 3.09. The zero-order valence-electron chi connectivity index (χ0n) is 21.7. The minimum absolute atomic E-state index is 0.562. The molecule has 5 nitrogen and oxygen atoms in total. The first-order valence-corrected chi connectivity index (χ1v) is 13.6. The summed E-state index contributed by atoms with van der Waals surface area (Å²) in [7, 11) is -2.23. The number of unbranched alkanes of at least 4 members (excludes halogenated alkanes) is 4. The molecular weight excluding hydrogens is 526 g/mol. The van der Waals surface area contributed by atoms with Gasteiger partial charge >= 0.3 is 23.9 Å². The number of alkyl halides is 8. The lowest BCUT2D eigenvalue weighted by Crippen LogP contribution is -2.62. The van der Waals surface area contributed by atoms with E-state index in [1.807, 2.05) is 0 Å². The van der Waals surface area contributed by atoms with Gasteiger partial charge in [-0.05, 0) is 32.1 Å². The summed E-state index contributed by atoms with van der Waals surface area (Å²) in [5.74, 6) is -19.4. The predicted molar refractivity (Wildman–Crippen MR) is 121 cm³/mol. The maximum atomic E-state index is 12.9. The van der Waals surface area contributed by atoms with E-state index >= 15 is 0 Å². The van der Waals surface area contributed by atoms with Gasteiger partial charge in [-0.3, -0.25) is 0 Å². The van der Waals surface area contributed by atoms with Crippen LogP contribution in [0.5, 0.6) is 0 Å². The Morgan fingerprint density at radius 3 is 1.42 bits per heavy atom. The van der Waals surface area contributed by atoms with Crippen LogP contribution in [0.15, 0.2) is 0 Å². The van der Waals surface area contributed by atoms with Crippen LogP contribution in [-0.2, 0) is 14.9 Å². The molecule has 36 heavy (non-hydrogen) atoms. The van der Waals surface area contributed by atoms with Gasteiger partial charge in [0.1, 0.15) is 0 Å². The number of hydrogen-bond acceptors (Lipinski definition) is 4. The summed E-state index contributed by atoms with van der Waals surface area (Å²) in [6.07, 6.45) is 1.05. The number of halogens is 8. The Kier molecular flexibility index (Phi) is 16.2. The van der Waals surface area contributed by atoms with Crippen molar-refractivity contribution in [3.63, 3.8) is 0 Å². The highest BCUT2D eigenvalue weighted by atomic mass is 32.2. The third-order valence-corrected chi connectivity index (χ3v) is 6.33. The second-order valence-electron chi connectivity index (χ2n) is 9.22. The van der Waals surface area contributed by atoms with Gasteiger partial charge in [0.2, 0.25) is 0 Å². The van der Waals surface area contributed by atoms with E-state index in [1.54, 1.807) is 0 Å². The average Bonchev–Trinajstić information content (AvgIpc) is 2.73. The van der Waals surface area contributed by atoms with E-state index in [0.29, 0.717) is 0 Å². The van der Waals surface area contributed by atoms with Crippen LogP contribution in [0, 0.1) is 0 Å². The third-order valence-electron chi connectivity index (χ3n) is 5.54. The first-order chi connectivity index (χ1) is 16.1. The van der Waals surface area contributed by atoms with Crippen molar-refractivity contribution >= 4 is 10.1 Å². The molecule has 220 valence electrons. The summed E-state index contributed by atoms with van der Waals surface area (Å²) < 4.78 is 137. The molecule has 0 aliphatic carbocycles. The summed E-state index contributed by atoms with van der Waals surface area (Å²) >= 11 is 0. The van der Waals surface area contributed by atoms with Gasteiger partial charge in [-0.1, -0.05) is 40.0 Å². The summed E-state index contributed by atoms with van der Waals surface area (Å²) in [4.78, 5) is 0. The summed E-state index contributed by atoms with van der Waals surface area (Å²) in [5.41, 5.74) is 0. The van der Waals surface area contributed by atoms with Crippen molar-refractivity contribution in [2.45, 2.75) is 103 Å². The quantitative estimate of drug-likeness (QED) is 0.0802. The van der Waals surface area contributed by atoms with Crippen LogP contribution in [0.25, 0.3) is 0 Å². The molecule has 14 heteroatoms. The minimum Gasteiger partial charge on any atom is -0.748 e. The van der Waals surface area contributed by atoms with Gasteiger partial charge in [-0.25, -0.2) is 8.42 Å². The highest BCUT2D eigenvalue weighted by molar-refractivity contribution is 7.85. The van der Waals surface area contributed by atoms with Crippen molar-refractivity contribution in [3.8, 4) is 0 Å². The van der Waals surface area contributed by atoms with E-state index in [0.717, 1.165) is 0 Å². The smallest absolute Gasteiger partial charge is 0.426 e. The van der Waals surface area contributed by atoms with Crippen molar-refractivity contribution in [2.75, 3.05) is 39.0 Å². The summed E-state index contributed by atoms with van der Waals surface area (Å²) in [6.45, 7) is 9.04. The van der Waals surface area contributed by atoms with Gasteiger partial charge in [-0.15, -0.1) is 0 Å². The Labute approximate surface area is 209 Å². The molecule has 0 amide bonds. The molecule has 0 saturated carbocycles. The molecule has 0 aromatic carbocycles. The lowest BCUT2D eigenvalue weighted by Gasteiger charge is -2.34. The van der Waals surface area contributed by atoms with Crippen molar-refractivity contribution in [1.82, 2.24) is 0 Å².